The molecule has 6 fully saturated rings. The molecule has 296 valence electrons. The summed E-state index contributed by atoms with van der Waals surface area (Å²) in [4.78, 5) is 63.0. The van der Waals surface area contributed by atoms with E-state index in [-0.39, 0.29) is 40.6 Å². The summed E-state index contributed by atoms with van der Waals surface area (Å²) in [5.41, 5.74) is -1.09. The number of likely N-dealkylation sites (tertiary alicyclic amines) is 2. The van der Waals surface area contributed by atoms with E-state index in [9.17, 15) is 24.6 Å². The molecule has 0 aromatic carbocycles. The van der Waals surface area contributed by atoms with Crippen molar-refractivity contribution < 1.29 is 29.1 Å². The highest BCUT2D eigenvalue weighted by atomic mass is 16.5. The van der Waals surface area contributed by atoms with E-state index in [1.807, 2.05) is 6.07 Å². The first-order chi connectivity index (χ1) is 26.4. The lowest BCUT2D eigenvalue weighted by atomic mass is 9.84. The van der Waals surface area contributed by atoms with E-state index in [0.717, 1.165) is 76.3 Å². The molecular formula is C37H52N12O6. The number of carbonyl (C=O) groups is 3. The van der Waals surface area contributed by atoms with Gasteiger partial charge in [-0.3, -0.25) is 19.3 Å². The van der Waals surface area contributed by atoms with Crippen molar-refractivity contribution in [3.05, 3.63) is 54.6 Å². The molecule has 3 amide bonds. The molecule has 0 saturated carbocycles. The van der Waals surface area contributed by atoms with Gasteiger partial charge in [0.2, 0.25) is 17.7 Å². The summed E-state index contributed by atoms with van der Waals surface area (Å²) >= 11 is 0. The number of β-lactam (4-membered cyclic amide) rings is 3. The molecular weight excluding hydrogens is 708 g/mol. The fourth-order valence-electron chi connectivity index (χ4n) is 8.59. The third-order valence-corrected chi connectivity index (χ3v) is 11.6. The Hall–Kier alpha value is -4.49. The highest BCUT2D eigenvalue weighted by Gasteiger charge is 2.58. The lowest BCUT2D eigenvalue weighted by Crippen LogP contribution is -2.72. The number of aliphatic hydroxyl groups is 2. The van der Waals surface area contributed by atoms with Crippen molar-refractivity contribution in [1.82, 2.24) is 55.8 Å². The zero-order chi connectivity index (χ0) is 39.0. The third kappa shape index (κ3) is 7.21. The predicted molar refractivity (Wildman–Crippen MR) is 197 cm³/mol. The van der Waals surface area contributed by atoms with E-state index in [2.05, 4.69) is 59.9 Å². The summed E-state index contributed by atoms with van der Waals surface area (Å²) in [5, 5.41) is 33.2. The monoisotopic (exact) mass is 760 g/mol. The van der Waals surface area contributed by atoms with Crippen LogP contribution in [-0.4, -0.2) is 136 Å². The topological polar surface area (TPSA) is 228 Å². The van der Waals surface area contributed by atoms with Crippen molar-refractivity contribution in [3.8, 4) is 0 Å². The van der Waals surface area contributed by atoms with Crippen molar-refractivity contribution in [2.24, 2.45) is 0 Å². The summed E-state index contributed by atoms with van der Waals surface area (Å²) in [7, 11) is 0. The minimum Gasteiger partial charge on any atom is -0.391 e. The molecule has 55 heavy (non-hydrogen) atoms. The SMILES string of the molecule is CC(C)c1nccc(N2CC3(CCCN3)C2=O)n1.CC(O)C(c1ncccn1)N1CC2(CCCN2)C1=O.C[C@@H](O)C(c1ncno1)N1CC2(CCCN2)C1=O. The number of nitrogens with zero attached hydrogens (tertiary/aromatic N) is 9. The van der Waals surface area contributed by atoms with E-state index in [4.69, 9.17) is 4.52 Å². The van der Waals surface area contributed by atoms with E-state index in [1.165, 1.54) is 6.33 Å². The maximum atomic E-state index is 12.4. The standard InChI is InChI=1S/C13H18N4O2.C13H18N4O.C11H16N4O3/c1-9(18)10(11-14-5-3-6-15-11)17-8-13(12(17)19)4-2-7-16-13;1-9(2)11-14-7-4-10(16-11)17-8-13(12(17)18)5-3-6-15-13;1-7(16)8(9-12-6-14-18-9)15-5-11(10(15)17)3-2-4-13-11/h3,5-6,9-10,16,18H,2,4,7-8H2,1H3;4,7,9,15H,3,5-6,8H2,1-2H3;6-8,13,16H,2-5H2,1H3/t;;7-,8?,11?/m..1/s1. The van der Waals surface area contributed by atoms with Gasteiger partial charge in [-0.05, 0) is 84.1 Å². The zero-order valence-corrected chi connectivity index (χ0v) is 31.9. The van der Waals surface area contributed by atoms with Gasteiger partial charge in [-0.1, -0.05) is 19.0 Å². The molecule has 6 aliphatic heterocycles. The van der Waals surface area contributed by atoms with Crippen LogP contribution in [0, 0.1) is 0 Å². The van der Waals surface area contributed by atoms with Gasteiger partial charge in [-0.25, -0.2) is 19.9 Å². The second-order valence-corrected chi connectivity index (χ2v) is 15.8. The van der Waals surface area contributed by atoms with Gasteiger partial charge >= 0.3 is 0 Å². The summed E-state index contributed by atoms with van der Waals surface area (Å²) < 4.78 is 4.98. The quantitative estimate of drug-likeness (QED) is 0.196. The molecule has 0 radical (unpaired) electrons. The number of hydrogen-bond acceptors (Lipinski definition) is 15. The number of rotatable bonds is 8. The maximum absolute atomic E-state index is 12.4. The molecule has 18 heteroatoms. The van der Waals surface area contributed by atoms with Crippen LogP contribution in [-0.2, 0) is 14.4 Å². The minimum absolute atomic E-state index is 0.0177. The molecule has 3 aromatic heterocycles. The third-order valence-electron chi connectivity index (χ3n) is 11.6. The van der Waals surface area contributed by atoms with Crippen molar-refractivity contribution in [2.45, 2.75) is 113 Å². The Labute approximate surface area is 319 Å². The van der Waals surface area contributed by atoms with Crippen molar-refractivity contribution in [1.29, 1.82) is 0 Å². The Morgan fingerprint density at radius 1 is 0.691 bits per heavy atom. The Kier molecular flexibility index (Phi) is 11.0. The second-order valence-electron chi connectivity index (χ2n) is 15.8. The van der Waals surface area contributed by atoms with Crippen LogP contribution in [0.25, 0.3) is 0 Å². The first-order valence-corrected chi connectivity index (χ1v) is 19.3. The molecule has 3 spiro atoms. The Balaban J connectivity index is 0.000000127. The number of aliphatic hydroxyl groups excluding tert-OH is 2. The fraction of sp³-hybridized carbons (Fsp3) is 0.649. The molecule has 3 aromatic rings. The first-order valence-electron chi connectivity index (χ1n) is 19.3. The van der Waals surface area contributed by atoms with Gasteiger partial charge < -0.3 is 40.5 Å². The van der Waals surface area contributed by atoms with Crippen LogP contribution in [0.3, 0.4) is 0 Å². The van der Waals surface area contributed by atoms with Gasteiger partial charge in [0.1, 0.15) is 40.3 Å². The second kappa shape index (κ2) is 15.6. The van der Waals surface area contributed by atoms with Crippen LogP contribution < -0.4 is 20.9 Å². The number of aromatic nitrogens is 6. The molecule has 9 rings (SSSR count). The van der Waals surface area contributed by atoms with E-state index < -0.39 is 29.8 Å². The molecule has 6 saturated heterocycles. The summed E-state index contributed by atoms with van der Waals surface area (Å²) in [6.07, 6.45) is 10.7. The van der Waals surface area contributed by atoms with Crippen LogP contribution >= 0.6 is 0 Å². The van der Waals surface area contributed by atoms with Gasteiger partial charge in [0.25, 0.3) is 5.89 Å². The molecule has 6 aliphatic rings. The largest absolute Gasteiger partial charge is 0.391 e. The van der Waals surface area contributed by atoms with Gasteiger partial charge in [-0.2, -0.15) is 4.98 Å². The zero-order valence-electron chi connectivity index (χ0n) is 31.9. The molecule has 0 bridgehead atoms. The summed E-state index contributed by atoms with van der Waals surface area (Å²) in [6.45, 7) is 12.1. The highest BCUT2D eigenvalue weighted by molar-refractivity contribution is 6.07. The lowest BCUT2D eigenvalue weighted by Gasteiger charge is -2.50. The molecule has 6 unspecified atom stereocenters. The van der Waals surface area contributed by atoms with Gasteiger partial charge in [0, 0.05) is 37.6 Å². The normalized spacial score (nSPS) is 29.0. The van der Waals surface area contributed by atoms with E-state index in [0.29, 0.717) is 18.9 Å². The molecule has 9 heterocycles. The smallest absolute Gasteiger partial charge is 0.251 e. The molecule has 0 aliphatic carbocycles. The predicted octanol–water partition coefficient (Wildman–Crippen LogP) is 0.388. The maximum Gasteiger partial charge on any atom is 0.251 e. The molecule has 5 N–H and O–H groups in total. The van der Waals surface area contributed by atoms with Crippen molar-refractivity contribution in [3.63, 3.8) is 0 Å². The number of anilines is 1. The van der Waals surface area contributed by atoms with Crippen LogP contribution in [0.15, 0.2) is 41.6 Å². The Bertz CT molecular complexity index is 1810. The van der Waals surface area contributed by atoms with Crippen LogP contribution in [0.2, 0.25) is 0 Å². The summed E-state index contributed by atoms with van der Waals surface area (Å²) in [5.74, 6) is 2.82. The molecule has 18 nitrogen and oxygen atoms in total. The van der Waals surface area contributed by atoms with E-state index in [1.54, 1.807) is 53.2 Å². The minimum atomic E-state index is -0.742. The number of nitrogens with one attached hydrogen (secondary N) is 3. The van der Waals surface area contributed by atoms with Crippen LogP contribution in [0.4, 0.5) is 5.82 Å². The van der Waals surface area contributed by atoms with Crippen LogP contribution in [0.1, 0.15) is 102 Å². The van der Waals surface area contributed by atoms with Gasteiger partial charge in [-0.15, -0.1) is 0 Å². The molecule has 7 atom stereocenters. The average molecular weight is 761 g/mol. The fourth-order valence-corrected chi connectivity index (χ4v) is 8.59. The van der Waals surface area contributed by atoms with E-state index >= 15 is 0 Å². The van der Waals surface area contributed by atoms with Crippen LogP contribution in [0.5, 0.6) is 0 Å². The number of hydrogen-bond donors (Lipinski definition) is 5. The number of amides is 3. The summed E-state index contributed by atoms with van der Waals surface area (Å²) in [6, 6.07) is 2.53. The van der Waals surface area contributed by atoms with Gasteiger partial charge in [0.05, 0.1) is 18.8 Å². The average Bonchev–Trinajstić information content (AvgIpc) is 4.03. The highest BCUT2D eigenvalue weighted by Crippen LogP contribution is 2.40. The van der Waals surface area contributed by atoms with Gasteiger partial charge in [0.15, 0.2) is 12.2 Å². The van der Waals surface area contributed by atoms with Crippen molar-refractivity contribution >= 4 is 23.5 Å². The van der Waals surface area contributed by atoms with Crippen molar-refractivity contribution in [2.75, 3.05) is 44.2 Å². The first kappa shape index (κ1) is 38.8. The Morgan fingerprint density at radius 2 is 1.22 bits per heavy atom. The lowest BCUT2D eigenvalue weighted by molar-refractivity contribution is -0.161. The Morgan fingerprint density at radius 3 is 1.65 bits per heavy atom. The number of carbonyl (C=O) groups excluding carboxylic acids is 3.